The van der Waals surface area contributed by atoms with Gasteiger partial charge in [0, 0.05) is 30.1 Å². The number of piperidine rings is 1. The van der Waals surface area contributed by atoms with Crippen LogP contribution in [-0.4, -0.2) is 24.1 Å². The van der Waals surface area contributed by atoms with Crippen LogP contribution in [0.3, 0.4) is 0 Å². The number of hydrogen-bond acceptors (Lipinski definition) is 3. The van der Waals surface area contributed by atoms with Crippen LogP contribution in [0.25, 0.3) is 0 Å². The molecule has 0 N–H and O–H groups in total. The van der Waals surface area contributed by atoms with Gasteiger partial charge in [0.15, 0.2) is 5.75 Å². The summed E-state index contributed by atoms with van der Waals surface area (Å²) >= 11 is 5.78. The van der Waals surface area contributed by atoms with E-state index in [1.807, 2.05) is 6.07 Å². The lowest BCUT2D eigenvalue weighted by molar-refractivity contribution is -0.155. The maximum absolute atomic E-state index is 14.0. The standard InChI is InChI=1S/C19H19ClFNO3/c20-16-9-8-14(17(21)13-16)12-15-6-2-3-7-18(15)24-25-19(23)22-10-4-1-5-11-22/h2-3,6-9,13H,1,4-5,10-12H2. The summed E-state index contributed by atoms with van der Waals surface area (Å²) in [6.45, 7) is 1.36. The van der Waals surface area contributed by atoms with Crippen molar-refractivity contribution in [1.29, 1.82) is 0 Å². The van der Waals surface area contributed by atoms with E-state index < -0.39 is 6.09 Å². The lowest BCUT2D eigenvalue weighted by atomic mass is 10.0. The van der Waals surface area contributed by atoms with Crippen molar-refractivity contribution in [3.05, 3.63) is 64.4 Å². The van der Waals surface area contributed by atoms with Crippen LogP contribution in [0.4, 0.5) is 9.18 Å². The molecule has 1 aliphatic rings. The Kier molecular flexibility index (Phi) is 5.76. The van der Waals surface area contributed by atoms with Crippen molar-refractivity contribution in [2.45, 2.75) is 25.7 Å². The highest BCUT2D eigenvalue weighted by Crippen LogP contribution is 2.24. The van der Waals surface area contributed by atoms with E-state index in [4.69, 9.17) is 21.4 Å². The van der Waals surface area contributed by atoms with Crippen molar-refractivity contribution in [1.82, 2.24) is 4.90 Å². The quantitative estimate of drug-likeness (QED) is 0.567. The van der Waals surface area contributed by atoms with E-state index in [0.29, 0.717) is 35.8 Å². The predicted molar refractivity (Wildman–Crippen MR) is 93.2 cm³/mol. The van der Waals surface area contributed by atoms with Gasteiger partial charge in [-0.3, -0.25) is 4.89 Å². The van der Waals surface area contributed by atoms with Crippen molar-refractivity contribution < 1.29 is 19.0 Å². The maximum atomic E-state index is 14.0. The van der Waals surface area contributed by atoms with Crippen molar-refractivity contribution >= 4 is 17.7 Å². The summed E-state index contributed by atoms with van der Waals surface area (Å²) in [6, 6.07) is 11.6. The zero-order valence-corrected chi connectivity index (χ0v) is 14.5. The van der Waals surface area contributed by atoms with Gasteiger partial charge in [-0.2, -0.15) is 0 Å². The van der Waals surface area contributed by atoms with E-state index in [2.05, 4.69) is 0 Å². The molecule has 132 valence electrons. The molecule has 1 heterocycles. The topological polar surface area (TPSA) is 38.8 Å². The number of halogens is 2. The number of carbonyl (C=O) groups excluding carboxylic acids is 1. The fourth-order valence-corrected chi connectivity index (χ4v) is 2.97. The Morgan fingerprint density at radius 2 is 1.84 bits per heavy atom. The van der Waals surface area contributed by atoms with Gasteiger partial charge in [0.25, 0.3) is 0 Å². The summed E-state index contributed by atoms with van der Waals surface area (Å²) in [6.07, 6.45) is 2.89. The molecule has 1 saturated heterocycles. The van der Waals surface area contributed by atoms with Crippen LogP contribution in [0.15, 0.2) is 42.5 Å². The Bertz CT molecular complexity index is 747. The molecule has 0 atom stereocenters. The van der Waals surface area contributed by atoms with Crippen molar-refractivity contribution in [3.8, 4) is 5.75 Å². The average Bonchev–Trinajstić information content (AvgIpc) is 2.63. The molecule has 0 radical (unpaired) electrons. The third-order valence-corrected chi connectivity index (χ3v) is 4.42. The van der Waals surface area contributed by atoms with E-state index in [-0.39, 0.29) is 5.82 Å². The van der Waals surface area contributed by atoms with Crippen LogP contribution in [0, 0.1) is 5.82 Å². The third-order valence-electron chi connectivity index (χ3n) is 4.19. The second-order valence-corrected chi connectivity index (χ2v) is 6.44. The SMILES string of the molecule is O=C(OOc1ccccc1Cc1ccc(Cl)cc1F)N1CCCCC1. The lowest BCUT2D eigenvalue weighted by Gasteiger charge is -2.24. The van der Waals surface area contributed by atoms with Gasteiger partial charge >= 0.3 is 6.09 Å². The molecular weight excluding hydrogens is 345 g/mol. The highest BCUT2D eigenvalue weighted by Gasteiger charge is 2.19. The zero-order valence-electron chi connectivity index (χ0n) is 13.7. The van der Waals surface area contributed by atoms with E-state index >= 15 is 0 Å². The van der Waals surface area contributed by atoms with Gasteiger partial charge < -0.3 is 4.90 Å². The largest absolute Gasteiger partial charge is 0.452 e. The first kappa shape index (κ1) is 17.5. The van der Waals surface area contributed by atoms with Crippen molar-refractivity contribution in [3.63, 3.8) is 0 Å². The summed E-state index contributed by atoms with van der Waals surface area (Å²) in [5.74, 6) is 0.00910. The van der Waals surface area contributed by atoms with Crippen LogP contribution in [-0.2, 0) is 11.3 Å². The molecule has 0 aliphatic carbocycles. The molecule has 1 aliphatic heterocycles. The fourth-order valence-electron chi connectivity index (χ4n) is 2.81. The smallest absolute Gasteiger partial charge is 0.305 e. The van der Waals surface area contributed by atoms with Crippen LogP contribution in [0.2, 0.25) is 5.02 Å². The fraction of sp³-hybridized carbons (Fsp3) is 0.316. The van der Waals surface area contributed by atoms with Crippen LogP contribution in [0.1, 0.15) is 30.4 Å². The van der Waals surface area contributed by atoms with Crippen molar-refractivity contribution in [2.24, 2.45) is 0 Å². The summed E-state index contributed by atoms with van der Waals surface area (Å²) in [5, 5.41) is 0.348. The van der Waals surface area contributed by atoms with Gasteiger partial charge in [-0.1, -0.05) is 35.9 Å². The molecule has 25 heavy (non-hydrogen) atoms. The number of rotatable bonds is 4. The molecule has 3 rings (SSSR count). The Morgan fingerprint density at radius 1 is 1.08 bits per heavy atom. The van der Waals surface area contributed by atoms with Crippen LogP contribution >= 0.6 is 11.6 Å². The van der Waals surface area contributed by atoms with Gasteiger partial charge in [0.05, 0.1) is 0 Å². The van der Waals surface area contributed by atoms with Crippen LogP contribution < -0.4 is 4.89 Å². The second-order valence-electron chi connectivity index (χ2n) is 6.00. The van der Waals surface area contributed by atoms with E-state index in [9.17, 15) is 9.18 Å². The van der Waals surface area contributed by atoms with Gasteiger partial charge in [0.1, 0.15) is 5.82 Å². The minimum atomic E-state index is -0.493. The molecule has 1 fully saturated rings. The van der Waals surface area contributed by atoms with Crippen molar-refractivity contribution in [2.75, 3.05) is 13.1 Å². The number of nitrogens with zero attached hydrogens (tertiary/aromatic N) is 1. The molecule has 6 heteroatoms. The summed E-state index contributed by atoms with van der Waals surface area (Å²) in [5.41, 5.74) is 1.21. The average molecular weight is 364 g/mol. The number of benzene rings is 2. The van der Waals surface area contributed by atoms with Gasteiger partial charge in [0.2, 0.25) is 0 Å². The highest BCUT2D eigenvalue weighted by atomic mass is 35.5. The van der Waals surface area contributed by atoms with E-state index in [1.165, 1.54) is 6.07 Å². The van der Waals surface area contributed by atoms with Gasteiger partial charge in [-0.25, -0.2) is 14.1 Å². The molecule has 0 bridgehead atoms. The van der Waals surface area contributed by atoms with E-state index in [0.717, 1.165) is 24.8 Å². The number of carbonyl (C=O) groups is 1. The first-order valence-electron chi connectivity index (χ1n) is 8.29. The Morgan fingerprint density at radius 3 is 2.60 bits per heavy atom. The summed E-state index contributed by atoms with van der Waals surface area (Å²) in [7, 11) is 0. The molecule has 0 aromatic heterocycles. The molecule has 4 nitrogen and oxygen atoms in total. The summed E-state index contributed by atoms with van der Waals surface area (Å²) in [4.78, 5) is 23.9. The molecule has 0 saturated carbocycles. The van der Waals surface area contributed by atoms with Crippen LogP contribution in [0.5, 0.6) is 5.75 Å². The monoisotopic (exact) mass is 363 g/mol. The molecule has 2 aromatic carbocycles. The Labute approximate surface area is 151 Å². The zero-order chi connectivity index (χ0) is 17.6. The molecule has 2 aromatic rings. The number of hydrogen-bond donors (Lipinski definition) is 0. The Hall–Kier alpha value is -2.27. The highest BCUT2D eigenvalue weighted by molar-refractivity contribution is 6.30. The number of amides is 1. The maximum Gasteiger partial charge on any atom is 0.452 e. The predicted octanol–water partition coefficient (Wildman–Crippen LogP) is 4.99. The van der Waals surface area contributed by atoms with E-state index in [1.54, 1.807) is 35.2 Å². The molecule has 1 amide bonds. The first-order chi connectivity index (χ1) is 12.1. The normalized spacial score (nSPS) is 14.2. The number of para-hydroxylation sites is 1. The summed E-state index contributed by atoms with van der Waals surface area (Å²) < 4.78 is 14.0. The number of likely N-dealkylation sites (tertiary alicyclic amines) is 1. The third kappa shape index (κ3) is 4.63. The molecular formula is C19H19ClFNO3. The Balaban J connectivity index is 1.67. The first-order valence-corrected chi connectivity index (χ1v) is 8.66. The molecule has 0 unspecified atom stereocenters. The molecule has 0 spiro atoms. The minimum Gasteiger partial charge on any atom is -0.305 e. The second kappa shape index (κ2) is 8.21. The van der Waals surface area contributed by atoms with Gasteiger partial charge in [-0.05, 0) is 43.0 Å². The van der Waals surface area contributed by atoms with Gasteiger partial charge in [-0.15, -0.1) is 0 Å². The minimum absolute atomic E-state index is 0.306. The lowest BCUT2D eigenvalue weighted by Crippen LogP contribution is -2.36.